The lowest BCUT2D eigenvalue weighted by molar-refractivity contribution is 0.102. The van der Waals surface area contributed by atoms with Crippen molar-refractivity contribution in [3.8, 4) is 0 Å². The van der Waals surface area contributed by atoms with Crippen LogP contribution in [0.2, 0.25) is 5.02 Å². The highest BCUT2D eigenvalue weighted by atomic mass is 35.5. The monoisotopic (exact) mass is 318 g/mol. The van der Waals surface area contributed by atoms with Crippen molar-refractivity contribution in [2.75, 3.05) is 23.3 Å². The third-order valence-corrected chi connectivity index (χ3v) is 4.01. The molecule has 3 nitrogen and oxygen atoms in total. The van der Waals surface area contributed by atoms with Crippen LogP contribution in [0.25, 0.3) is 0 Å². The Morgan fingerprint density at radius 1 is 1.09 bits per heavy atom. The number of anilines is 2. The summed E-state index contributed by atoms with van der Waals surface area (Å²) in [6.07, 6.45) is 2.23. The zero-order valence-electron chi connectivity index (χ0n) is 12.0. The summed E-state index contributed by atoms with van der Waals surface area (Å²) in [6.45, 7) is 1.85. The highest BCUT2D eigenvalue weighted by Crippen LogP contribution is 2.30. The molecule has 3 rings (SSSR count). The Labute approximate surface area is 133 Å². The van der Waals surface area contributed by atoms with Gasteiger partial charge in [0.15, 0.2) is 0 Å². The lowest BCUT2D eigenvalue weighted by atomic mass is 10.2. The lowest BCUT2D eigenvalue weighted by Gasteiger charge is -2.21. The van der Waals surface area contributed by atoms with Crippen molar-refractivity contribution < 1.29 is 9.18 Å². The van der Waals surface area contributed by atoms with Crippen LogP contribution in [0, 0.1) is 5.82 Å². The number of carbonyl (C=O) groups is 1. The van der Waals surface area contributed by atoms with E-state index < -0.39 is 0 Å². The van der Waals surface area contributed by atoms with Crippen LogP contribution in [0.15, 0.2) is 42.5 Å². The Morgan fingerprint density at radius 2 is 1.77 bits per heavy atom. The molecule has 0 unspecified atom stereocenters. The molecule has 0 aromatic heterocycles. The standard InChI is InChI=1S/C17H16ClFN2O/c18-13-5-3-12(4-6-13)17(22)20-15-11-14(19)7-8-16(15)21-9-1-2-10-21/h3-8,11H,1-2,9-10H2,(H,20,22). The molecule has 5 heteroatoms. The van der Waals surface area contributed by atoms with E-state index in [1.54, 1.807) is 30.3 Å². The first-order valence-electron chi connectivity index (χ1n) is 7.25. The van der Waals surface area contributed by atoms with Crippen molar-refractivity contribution >= 4 is 28.9 Å². The summed E-state index contributed by atoms with van der Waals surface area (Å²) in [6, 6.07) is 11.1. The maximum Gasteiger partial charge on any atom is 0.255 e. The van der Waals surface area contributed by atoms with Crippen molar-refractivity contribution in [1.29, 1.82) is 0 Å². The average molecular weight is 319 g/mol. The number of rotatable bonds is 3. The molecule has 2 aromatic carbocycles. The first-order valence-corrected chi connectivity index (χ1v) is 7.63. The molecule has 1 heterocycles. The predicted molar refractivity (Wildman–Crippen MR) is 87.3 cm³/mol. The molecule has 1 aliphatic heterocycles. The van der Waals surface area contributed by atoms with Crippen LogP contribution in [-0.2, 0) is 0 Å². The van der Waals surface area contributed by atoms with Crippen LogP contribution in [0.3, 0.4) is 0 Å². The van der Waals surface area contributed by atoms with E-state index >= 15 is 0 Å². The third-order valence-electron chi connectivity index (χ3n) is 3.76. The van der Waals surface area contributed by atoms with E-state index in [1.807, 2.05) is 0 Å². The quantitative estimate of drug-likeness (QED) is 0.913. The van der Waals surface area contributed by atoms with Crippen molar-refractivity contribution in [3.63, 3.8) is 0 Å². The molecule has 0 aliphatic carbocycles. The van der Waals surface area contributed by atoms with Crippen LogP contribution in [0.5, 0.6) is 0 Å². The molecule has 1 saturated heterocycles. The summed E-state index contributed by atoms with van der Waals surface area (Å²) in [4.78, 5) is 14.5. The molecule has 0 saturated carbocycles. The van der Waals surface area contributed by atoms with E-state index in [4.69, 9.17) is 11.6 Å². The highest BCUT2D eigenvalue weighted by molar-refractivity contribution is 6.30. The molecule has 0 atom stereocenters. The molecular formula is C17H16ClFN2O. The Kier molecular flexibility index (Phi) is 4.29. The number of benzene rings is 2. The van der Waals surface area contributed by atoms with Crippen LogP contribution in [0.1, 0.15) is 23.2 Å². The normalized spacial score (nSPS) is 14.2. The van der Waals surface area contributed by atoms with Crippen molar-refractivity contribution in [2.24, 2.45) is 0 Å². The molecule has 1 N–H and O–H groups in total. The summed E-state index contributed by atoms with van der Waals surface area (Å²) >= 11 is 5.82. The van der Waals surface area contributed by atoms with Crippen molar-refractivity contribution in [3.05, 3.63) is 58.9 Å². The zero-order valence-corrected chi connectivity index (χ0v) is 12.7. The van der Waals surface area contributed by atoms with Crippen LogP contribution in [-0.4, -0.2) is 19.0 Å². The molecule has 0 radical (unpaired) electrons. The van der Waals surface area contributed by atoms with Gasteiger partial charge in [0.2, 0.25) is 0 Å². The summed E-state index contributed by atoms with van der Waals surface area (Å²) in [5.41, 5.74) is 1.85. The number of nitrogens with one attached hydrogen (secondary N) is 1. The fourth-order valence-corrected chi connectivity index (χ4v) is 2.76. The smallest absolute Gasteiger partial charge is 0.255 e. The second-order valence-corrected chi connectivity index (χ2v) is 5.75. The van der Waals surface area contributed by atoms with E-state index in [2.05, 4.69) is 10.2 Å². The van der Waals surface area contributed by atoms with Gasteiger partial charge in [0.05, 0.1) is 11.4 Å². The summed E-state index contributed by atoms with van der Waals surface area (Å²) in [7, 11) is 0. The number of hydrogen-bond acceptors (Lipinski definition) is 2. The van der Waals surface area contributed by atoms with Gasteiger partial charge in [0.25, 0.3) is 5.91 Å². The average Bonchev–Trinajstić information content (AvgIpc) is 3.02. The third kappa shape index (κ3) is 3.22. The van der Waals surface area contributed by atoms with Crippen LogP contribution in [0.4, 0.5) is 15.8 Å². The number of halogens is 2. The number of carbonyl (C=O) groups excluding carboxylic acids is 1. The highest BCUT2D eigenvalue weighted by Gasteiger charge is 2.18. The van der Waals surface area contributed by atoms with E-state index in [0.29, 0.717) is 16.3 Å². The van der Waals surface area contributed by atoms with Crippen molar-refractivity contribution in [1.82, 2.24) is 0 Å². The Morgan fingerprint density at radius 3 is 2.45 bits per heavy atom. The Hall–Kier alpha value is -2.07. The summed E-state index contributed by atoms with van der Waals surface area (Å²) < 4.78 is 13.6. The molecular weight excluding hydrogens is 303 g/mol. The van der Waals surface area contributed by atoms with Crippen LogP contribution < -0.4 is 10.2 Å². The maximum atomic E-state index is 13.6. The van der Waals surface area contributed by atoms with Gasteiger partial charge in [-0.25, -0.2) is 4.39 Å². The molecule has 0 spiro atoms. The predicted octanol–water partition coefficient (Wildman–Crippen LogP) is 4.33. The molecule has 1 aliphatic rings. The SMILES string of the molecule is O=C(Nc1cc(F)ccc1N1CCCC1)c1ccc(Cl)cc1. The molecule has 1 amide bonds. The molecule has 1 fully saturated rings. The largest absolute Gasteiger partial charge is 0.370 e. The molecule has 2 aromatic rings. The fourth-order valence-electron chi connectivity index (χ4n) is 2.64. The van der Waals surface area contributed by atoms with Gasteiger partial charge in [-0.3, -0.25) is 4.79 Å². The topological polar surface area (TPSA) is 32.3 Å². The number of amides is 1. The van der Waals surface area contributed by atoms with E-state index in [1.165, 1.54) is 12.1 Å². The first kappa shape index (κ1) is 14.9. The fraction of sp³-hybridized carbons (Fsp3) is 0.235. The zero-order chi connectivity index (χ0) is 15.5. The lowest BCUT2D eigenvalue weighted by Crippen LogP contribution is -2.21. The van der Waals surface area contributed by atoms with Crippen LogP contribution >= 0.6 is 11.6 Å². The van der Waals surface area contributed by atoms with Gasteiger partial charge in [-0.1, -0.05) is 11.6 Å². The first-order chi connectivity index (χ1) is 10.6. The molecule has 114 valence electrons. The van der Waals surface area contributed by atoms with Gasteiger partial charge >= 0.3 is 0 Å². The minimum Gasteiger partial charge on any atom is -0.370 e. The van der Waals surface area contributed by atoms with Gasteiger partial charge in [-0.15, -0.1) is 0 Å². The number of nitrogens with zero attached hydrogens (tertiary/aromatic N) is 1. The summed E-state index contributed by atoms with van der Waals surface area (Å²) in [5.74, 6) is -0.642. The van der Waals surface area contributed by atoms with Gasteiger partial charge < -0.3 is 10.2 Å². The Balaban J connectivity index is 1.85. The minimum atomic E-state index is -0.366. The maximum absolute atomic E-state index is 13.6. The Bertz CT molecular complexity index is 682. The van der Waals surface area contributed by atoms with E-state index in [-0.39, 0.29) is 11.7 Å². The van der Waals surface area contributed by atoms with E-state index in [9.17, 15) is 9.18 Å². The van der Waals surface area contributed by atoms with Crippen molar-refractivity contribution in [2.45, 2.75) is 12.8 Å². The molecule has 0 bridgehead atoms. The minimum absolute atomic E-state index is 0.275. The number of hydrogen-bond donors (Lipinski definition) is 1. The summed E-state index contributed by atoms with van der Waals surface area (Å²) in [5, 5.41) is 3.37. The second-order valence-electron chi connectivity index (χ2n) is 5.32. The van der Waals surface area contributed by atoms with E-state index in [0.717, 1.165) is 31.6 Å². The van der Waals surface area contributed by atoms with Gasteiger partial charge in [-0.05, 0) is 55.3 Å². The second kappa shape index (κ2) is 6.36. The van der Waals surface area contributed by atoms with Gasteiger partial charge in [-0.2, -0.15) is 0 Å². The molecule has 22 heavy (non-hydrogen) atoms. The van der Waals surface area contributed by atoms with Gasteiger partial charge in [0.1, 0.15) is 5.82 Å². The van der Waals surface area contributed by atoms with Gasteiger partial charge in [0, 0.05) is 23.7 Å².